The summed E-state index contributed by atoms with van der Waals surface area (Å²) in [6.07, 6.45) is 0. The maximum absolute atomic E-state index is 12.1. The molecule has 114 valence electrons. The molecule has 1 aliphatic rings. The number of thiophene rings is 1. The second kappa shape index (κ2) is 5.14. The Morgan fingerprint density at radius 2 is 2.05 bits per heavy atom. The van der Waals surface area contributed by atoms with Gasteiger partial charge in [-0.3, -0.25) is 9.59 Å². The van der Waals surface area contributed by atoms with Crippen molar-refractivity contribution in [1.82, 2.24) is 0 Å². The van der Waals surface area contributed by atoms with Crippen molar-refractivity contribution in [3.8, 4) is 5.75 Å². The van der Waals surface area contributed by atoms with Gasteiger partial charge in [-0.15, -0.1) is 11.3 Å². The summed E-state index contributed by atoms with van der Waals surface area (Å²) in [4.78, 5) is 25.8. The van der Waals surface area contributed by atoms with Crippen LogP contribution < -0.4 is 15.4 Å². The first kappa shape index (κ1) is 14.6. The lowest BCUT2D eigenvalue weighted by Gasteiger charge is -2.31. The monoisotopic (exact) mass is 316 g/mol. The molecule has 2 N–H and O–H groups in total. The predicted molar refractivity (Wildman–Crippen MR) is 86.8 cm³/mol. The van der Waals surface area contributed by atoms with Crippen molar-refractivity contribution < 1.29 is 14.3 Å². The highest BCUT2D eigenvalue weighted by molar-refractivity contribution is 7.14. The molecular formula is C16H16N2O3S. The molecule has 2 heterocycles. The van der Waals surface area contributed by atoms with Crippen LogP contribution in [0.3, 0.4) is 0 Å². The minimum Gasteiger partial charge on any atom is -0.476 e. The summed E-state index contributed by atoms with van der Waals surface area (Å²) in [6, 6.07) is 8.89. The summed E-state index contributed by atoms with van der Waals surface area (Å²) in [5.41, 5.74) is 0.273. The normalized spacial score (nSPS) is 15.5. The van der Waals surface area contributed by atoms with E-state index in [1.54, 1.807) is 38.1 Å². The smallest absolute Gasteiger partial charge is 0.268 e. The third-order valence-corrected chi connectivity index (χ3v) is 4.36. The summed E-state index contributed by atoms with van der Waals surface area (Å²) in [5.74, 6) is 0.216. The van der Waals surface area contributed by atoms with Gasteiger partial charge in [-0.2, -0.15) is 0 Å². The highest BCUT2D eigenvalue weighted by atomic mass is 32.1. The molecule has 0 spiro atoms. The number of nitrogens with one attached hydrogen (secondary N) is 2. The molecule has 3 rings (SSSR count). The first-order valence-electron chi connectivity index (χ1n) is 6.87. The second-order valence-electron chi connectivity index (χ2n) is 5.64. The van der Waals surface area contributed by atoms with Crippen LogP contribution >= 0.6 is 11.3 Å². The number of hydrogen-bond donors (Lipinski definition) is 2. The Kier molecular flexibility index (Phi) is 3.41. The summed E-state index contributed by atoms with van der Waals surface area (Å²) in [7, 11) is 0. The quantitative estimate of drug-likeness (QED) is 0.892. The number of hydrogen-bond acceptors (Lipinski definition) is 4. The van der Waals surface area contributed by atoms with Gasteiger partial charge in [0.1, 0.15) is 5.75 Å². The van der Waals surface area contributed by atoms with Crippen molar-refractivity contribution in [3.63, 3.8) is 0 Å². The molecule has 0 saturated carbocycles. The largest absolute Gasteiger partial charge is 0.476 e. The molecule has 2 amide bonds. The number of fused-ring (bicyclic) bond motifs is 1. The van der Waals surface area contributed by atoms with Crippen molar-refractivity contribution in [1.29, 1.82) is 0 Å². The maximum atomic E-state index is 12.1. The molecule has 0 unspecified atom stereocenters. The number of anilines is 2. The standard InChI is InChI=1S/C16H16N2O3S/c1-9-4-7-13(22-9)14(19)17-10-5-6-12-11(8-10)18-15(20)16(2,3)21-12/h4-8H,1-3H3,(H,17,19)(H,18,20). The summed E-state index contributed by atoms with van der Waals surface area (Å²) >= 11 is 1.44. The molecule has 0 saturated heterocycles. The molecule has 0 radical (unpaired) electrons. The molecule has 0 bridgehead atoms. The van der Waals surface area contributed by atoms with E-state index in [9.17, 15) is 9.59 Å². The molecule has 5 nitrogen and oxygen atoms in total. The van der Waals surface area contributed by atoms with E-state index >= 15 is 0 Å². The Balaban J connectivity index is 1.81. The zero-order chi connectivity index (χ0) is 15.9. The Bertz CT molecular complexity index is 765. The maximum Gasteiger partial charge on any atom is 0.268 e. The van der Waals surface area contributed by atoms with Gasteiger partial charge in [-0.1, -0.05) is 0 Å². The van der Waals surface area contributed by atoms with E-state index in [0.717, 1.165) is 4.88 Å². The van der Waals surface area contributed by atoms with Gasteiger partial charge in [0.15, 0.2) is 5.60 Å². The van der Waals surface area contributed by atoms with Gasteiger partial charge in [0.2, 0.25) is 0 Å². The van der Waals surface area contributed by atoms with E-state index in [2.05, 4.69) is 10.6 Å². The lowest BCUT2D eigenvalue weighted by Crippen LogP contribution is -2.45. The van der Waals surface area contributed by atoms with Gasteiger partial charge in [0.25, 0.3) is 11.8 Å². The van der Waals surface area contributed by atoms with Gasteiger partial charge < -0.3 is 15.4 Å². The first-order chi connectivity index (χ1) is 10.3. The van der Waals surface area contributed by atoms with Gasteiger partial charge in [0.05, 0.1) is 10.6 Å². The van der Waals surface area contributed by atoms with E-state index in [1.807, 2.05) is 13.0 Å². The van der Waals surface area contributed by atoms with Crippen molar-refractivity contribution in [2.75, 3.05) is 10.6 Å². The van der Waals surface area contributed by atoms with Crippen LogP contribution in [0, 0.1) is 6.92 Å². The fourth-order valence-electron chi connectivity index (χ4n) is 2.14. The number of amides is 2. The molecule has 0 aliphatic carbocycles. The third-order valence-electron chi connectivity index (χ3n) is 3.36. The van der Waals surface area contributed by atoms with Gasteiger partial charge in [-0.05, 0) is 51.1 Å². The second-order valence-corrected chi connectivity index (χ2v) is 6.93. The Morgan fingerprint density at radius 1 is 1.27 bits per heavy atom. The number of ether oxygens (including phenoxy) is 1. The fraction of sp³-hybridized carbons (Fsp3) is 0.250. The number of aryl methyl sites for hydroxylation is 1. The first-order valence-corrected chi connectivity index (χ1v) is 7.69. The Morgan fingerprint density at radius 3 is 2.73 bits per heavy atom. The van der Waals surface area contributed by atoms with Crippen LogP contribution in [0.4, 0.5) is 11.4 Å². The molecule has 1 aromatic heterocycles. The highest BCUT2D eigenvalue weighted by Gasteiger charge is 2.35. The van der Waals surface area contributed by atoms with Crippen molar-refractivity contribution >= 4 is 34.5 Å². The Labute approximate surface area is 132 Å². The average Bonchev–Trinajstić information content (AvgIpc) is 2.87. The molecule has 22 heavy (non-hydrogen) atoms. The summed E-state index contributed by atoms with van der Waals surface area (Å²) < 4.78 is 5.66. The minimum atomic E-state index is -0.897. The van der Waals surface area contributed by atoms with Crippen LogP contribution in [0.25, 0.3) is 0 Å². The topological polar surface area (TPSA) is 67.4 Å². The lowest BCUT2D eigenvalue weighted by atomic mass is 10.1. The van der Waals surface area contributed by atoms with E-state index in [4.69, 9.17) is 4.74 Å². The van der Waals surface area contributed by atoms with Crippen LogP contribution in [0.5, 0.6) is 5.75 Å². The van der Waals surface area contributed by atoms with Crippen molar-refractivity contribution in [2.24, 2.45) is 0 Å². The van der Waals surface area contributed by atoms with Crippen LogP contribution in [-0.2, 0) is 4.79 Å². The van der Waals surface area contributed by atoms with E-state index in [0.29, 0.717) is 22.0 Å². The molecule has 0 fully saturated rings. The van der Waals surface area contributed by atoms with E-state index in [1.165, 1.54) is 11.3 Å². The number of rotatable bonds is 2. The van der Waals surface area contributed by atoms with Crippen LogP contribution in [-0.4, -0.2) is 17.4 Å². The number of carbonyl (C=O) groups excluding carboxylic acids is 2. The van der Waals surface area contributed by atoms with Crippen LogP contribution in [0.2, 0.25) is 0 Å². The molecular weight excluding hydrogens is 300 g/mol. The van der Waals surface area contributed by atoms with Crippen LogP contribution in [0.15, 0.2) is 30.3 Å². The van der Waals surface area contributed by atoms with Gasteiger partial charge in [0, 0.05) is 10.6 Å². The number of carbonyl (C=O) groups is 2. The average molecular weight is 316 g/mol. The van der Waals surface area contributed by atoms with Crippen molar-refractivity contribution in [2.45, 2.75) is 26.4 Å². The molecule has 2 aromatic rings. The molecule has 1 aromatic carbocycles. The number of benzene rings is 1. The van der Waals surface area contributed by atoms with Crippen LogP contribution in [0.1, 0.15) is 28.4 Å². The van der Waals surface area contributed by atoms with Gasteiger partial charge in [-0.25, -0.2) is 0 Å². The molecule has 0 atom stereocenters. The summed E-state index contributed by atoms with van der Waals surface area (Å²) in [5, 5.41) is 5.62. The van der Waals surface area contributed by atoms with E-state index in [-0.39, 0.29) is 11.8 Å². The van der Waals surface area contributed by atoms with Crippen molar-refractivity contribution in [3.05, 3.63) is 40.1 Å². The zero-order valence-electron chi connectivity index (χ0n) is 12.5. The Hall–Kier alpha value is -2.34. The zero-order valence-corrected chi connectivity index (χ0v) is 13.3. The third kappa shape index (κ3) is 2.69. The highest BCUT2D eigenvalue weighted by Crippen LogP contribution is 2.35. The predicted octanol–water partition coefficient (Wildman–Crippen LogP) is 3.42. The minimum absolute atomic E-state index is 0.165. The van der Waals surface area contributed by atoms with E-state index < -0.39 is 5.60 Å². The lowest BCUT2D eigenvalue weighted by molar-refractivity contribution is -0.129. The SMILES string of the molecule is Cc1ccc(C(=O)Nc2ccc3c(c2)NC(=O)C(C)(C)O3)s1. The fourth-order valence-corrected chi connectivity index (χ4v) is 2.90. The summed E-state index contributed by atoms with van der Waals surface area (Å²) in [6.45, 7) is 5.37. The molecule has 1 aliphatic heterocycles. The van der Waals surface area contributed by atoms with Gasteiger partial charge >= 0.3 is 0 Å². The molecule has 6 heteroatoms.